The number of nitrogens with one attached hydrogen (secondary N) is 2. The highest BCUT2D eigenvalue weighted by Crippen LogP contribution is 2.33. The molecule has 2 aromatic carbocycles. The van der Waals surface area contributed by atoms with Crippen LogP contribution >= 0.6 is 12.2 Å². The number of H-pyrrole nitrogens is 2. The molecule has 6 nitrogen and oxygen atoms in total. The van der Waals surface area contributed by atoms with Crippen molar-refractivity contribution in [3.63, 3.8) is 0 Å². The molecule has 29 heavy (non-hydrogen) atoms. The normalized spacial score (nSPS) is 16.1. The van der Waals surface area contributed by atoms with Crippen molar-refractivity contribution in [2.75, 3.05) is 6.54 Å². The number of hydrogen-bond acceptors (Lipinski definition) is 3. The summed E-state index contributed by atoms with van der Waals surface area (Å²) in [5.41, 5.74) is 4.87. The summed E-state index contributed by atoms with van der Waals surface area (Å²) in [6.45, 7) is 2.78. The van der Waals surface area contributed by atoms with E-state index >= 15 is 0 Å². The fraction of sp³-hybridized carbons (Fsp3) is 0.182. The second-order valence-corrected chi connectivity index (χ2v) is 7.82. The van der Waals surface area contributed by atoms with Gasteiger partial charge in [-0.1, -0.05) is 36.4 Å². The molecule has 0 saturated heterocycles. The van der Waals surface area contributed by atoms with E-state index in [0.29, 0.717) is 5.56 Å². The lowest BCUT2D eigenvalue weighted by Gasteiger charge is -2.23. The summed E-state index contributed by atoms with van der Waals surface area (Å²) in [7, 11) is 0. The topological polar surface area (TPSA) is 90.4 Å². The van der Waals surface area contributed by atoms with Crippen molar-refractivity contribution in [3.8, 4) is 11.6 Å². The predicted molar refractivity (Wildman–Crippen MR) is 114 cm³/mol. The number of quaternary nitrogens is 1. The number of aromatic amines is 2. The largest absolute Gasteiger partial charge is 0.494 e. The van der Waals surface area contributed by atoms with E-state index in [-0.39, 0.29) is 22.3 Å². The maximum atomic E-state index is 12.9. The second-order valence-electron chi connectivity index (χ2n) is 7.43. The minimum atomic E-state index is -0.356. The molecule has 0 amide bonds. The molecular weight excluding hydrogens is 384 g/mol. The molecule has 3 heterocycles. The third-order valence-electron chi connectivity index (χ3n) is 5.74. The summed E-state index contributed by atoms with van der Waals surface area (Å²) in [5, 5.41) is 14.5. The Morgan fingerprint density at radius 3 is 2.72 bits per heavy atom. The summed E-state index contributed by atoms with van der Waals surface area (Å²) in [6, 6.07) is 15.5. The number of fused-ring (bicyclic) bond motifs is 3. The molecule has 1 aliphatic heterocycles. The molecule has 0 unspecified atom stereocenters. The highest BCUT2D eigenvalue weighted by atomic mass is 32.1. The summed E-state index contributed by atoms with van der Waals surface area (Å²) in [5.74, 6) is -0.110. The van der Waals surface area contributed by atoms with Crippen LogP contribution in [-0.2, 0) is 6.42 Å². The molecule has 5 N–H and O–H groups in total. The zero-order chi connectivity index (χ0) is 20.1. The molecule has 4 aromatic rings. The fourth-order valence-corrected chi connectivity index (χ4v) is 4.66. The number of aryl methyl sites for hydroxylation is 1. The minimum Gasteiger partial charge on any atom is -0.494 e. The predicted octanol–water partition coefficient (Wildman–Crippen LogP) is 2.60. The standard InChI is InChI=1S/C22H20N4O2S/c1-12-6-2-5-9-16(12)26-21(28)17(20(27)25-22(26)29)19-18-14(10-11-23-19)13-7-3-4-8-15(13)24-18/h2-9,19,23-24,28H,10-11H2,1H3,(H,25,27,29)/p+1/t19-/m0/s1. The first kappa shape index (κ1) is 17.9. The quantitative estimate of drug-likeness (QED) is 0.387. The van der Waals surface area contributed by atoms with Gasteiger partial charge in [0.15, 0.2) is 10.8 Å². The van der Waals surface area contributed by atoms with Gasteiger partial charge in [0, 0.05) is 17.3 Å². The van der Waals surface area contributed by atoms with Crippen LogP contribution in [0.2, 0.25) is 0 Å². The van der Waals surface area contributed by atoms with Crippen LogP contribution in [0.3, 0.4) is 0 Å². The third kappa shape index (κ3) is 2.73. The van der Waals surface area contributed by atoms with Crippen LogP contribution < -0.4 is 10.9 Å². The third-order valence-corrected chi connectivity index (χ3v) is 6.03. The molecule has 2 aromatic heterocycles. The van der Waals surface area contributed by atoms with E-state index < -0.39 is 0 Å². The Kier molecular flexibility index (Phi) is 4.15. The Labute approximate surface area is 171 Å². The summed E-state index contributed by atoms with van der Waals surface area (Å²) in [6.07, 6.45) is 0.908. The lowest BCUT2D eigenvalue weighted by Crippen LogP contribution is -2.87. The molecule has 0 aliphatic carbocycles. The molecule has 1 aliphatic rings. The minimum absolute atomic E-state index is 0.110. The highest BCUT2D eigenvalue weighted by molar-refractivity contribution is 7.71. The van der Waals surface area contributed by atoms with Crippen molar-refractivity contribution in [1.29, 1.82) is 0 Å². The van der Waals surface area contributed by atoms with Gasteiger partial charge in [-0.25, -0.2) is 0 Å². The molecule has 146 valence electrons. The van der Waals surface area contributed by atoms with Crippen molar-refractivity contribution in [2.45, 2.75) is 19.4 Å². The molecule has 0 fully saturated rings. The molecular formula is C22H21N4O2S+. The van der Waals surface area contributed by atoms with Gasteiger partial charge in [-0.15, -0.1) is 0 Å². The average molecular weight is 406 g/mol. The van der Waals surface area contributed by atoms with Gasteiger partial charge in [0.25, 0.3) is 5.56 Å². The van der Waals surface area contributed by atoms with E-state index in [1.165, 1.54) is 10.9 Å². The van der Waals surface area contributed by atoms with Gasteiger partial charge < -0.3 is 15.4 Å². The fourth-order valence-electron chi connectivity index (χ4n) is 4.39. The van der Waals surface area contributed by atoms with Gasteiger partial charge in [0.2, 0.25) is 5.88 Å². The van der Waals surface area contributed by atoms with Crippen LogP contribution in [0, 0.1) is 11.7 Å². The van der Waals surface area contributed by atoms with Crippen molar-refractivity contribution in [3.05, 3.63) is 86.0 Å². The summed E-state index contributed by atoms with van der Waals surface area (Å²) < 4.78 is 1.73. The zero-order valence-electron chi connectivity index (χ0n) is 15.9. The molecule has 0 radical (unpaired) electrons. The van der Waals surface area contributed by atoms with Gasteiger partial charge in [-0.05, 0) is 42.4 Å². The average Bonchev–Trinajstić information content (AvgIpc) is 3.09. The number of nitrogens with two attached hydrogens (primary N) is 1. The maximum Gasteiger partial charge on any atom is 0.265 e. The second kappa shape index (κ2) is 6.72. The van der Waals surface area contributed by atoms with Gasteiger partial charge in [0.1, 0.15) is 5.56 Å². The van der Waals surface area contributed by atoms with Crippen molar-refractivity contribution < 1.29 is 10.4 Å². The van der Waals surface area contributed by atoms with Gasteiger partial charge in [-0.2, -0.15) is 0 Å². The molecule has 0 spiro atoms. The number of para-hydroxylation sites is 2. The molecule has 5 rings (SSSR count). The van der Waals surface area contributed by atoms with Crippen LogP contribution in [0.1, 0.15) is 28.4 Å². The van der Waals surface area contributed by atoms with Crippen LogP contribution in [0.25, 0.3) is 16.6 Å². The van der Waals surface area contributed by atoms with Crippen LogP contribution in [0.4, 0.5) is 0 Å². The number of aromatic hydroxyl groups is 1. The molecule has 0 bridgehead atoms. The number of rotatable bonds is 2. The molecule has 0 saturated carbocycles. The van der Waals surface area contributed by atoms with Crippen LogP contribution in [-0.4, -0.2) is 26.2 Å². The van der Waals surface area contributed by atoms with Crippen LogP contribution in [0.5, 0.6) is 5.88 Å². The van der Waals surface area contributed by atoms with E-state index in [2.05, 4.69) is 21.4 Å². The van der Waals surface area contributed by atoms with Gasteiger partial charge in [-0.3, -0.25) is 14.3 Å². The van der Waals surface area contributed by atoms with Crippen molar-refractivity contribution in [2.24, 2.45) is 0 Å². The van der Waals surface area contributed by atoms with Crippen molar-refractivity contribution in [1.82, 2.24) is 14.5 Å². The first-order valence-electron chi connectivity index (χ1n) is 9.63. The SMILES string of the molecule is Cc1ccccc1-n1c(O)c([C@@H]2[NH2+]CCc3c2[nH]c2ccccc32)c(=O)[nH]c1=S. The van der Waals surface area contributed by atoms with E-state index in [4.69, 9.17) is 12.2 Å². The Morgan fingerprint density at radius 1 is 1.14 bits per heavy atom. The van der Waals surface area contributed by atoms with Gasteiger partial charge in [0.05, 0.1) is 17.9 Å². The number of aromatic nitrogens is 3. The Bertz CT molecular complexity index is 1370. The molecule has 1 atom stereocenters. The van der Waals surface area contributed by atoms with Crippen LogP contribution in [0.15, 0.2) is 53.3 Å². The van der Waals surface area contributed by atoms with Crippen molar-refractivity contribution >= 4 is 23.1 Å². The number of benzene rings is 2. The lowest BCUT2D eigenvalue weighted by molar-refractivity contribution is -0.690. The van der Waals surface area contributed by atoms with E-state index in [1.807, 2.05) is 49.4 Å². The highest BCUT2D eigenvalue weighted by Gasteiger charge is 2.34. The first-order chi connectivity index (χ1) is 14.1. The number of nitrogens with zero attached hydrogens (tertiary/aromatic N) is 1. The van der Waals surface area contributed by atoms with Gasteiger partial charge >= 0.3 is 0 Å². The lowest BCUT2D eigenvalue weighted by atomic mass is 9.95. The van der Waals surface area contributed by atoms with E-state index in [0.717, 1.165) is 35.4 Å². The Balaban J connectivity index is 1.77. The molecule has 7 heteroatoms. The first-order valence-corrected chi connectivity index (χ1v) is 10.0. The number of hydrogen-bond donors (Lipinski definition) is 4. The maximum absolute atomic E-state index is 12.9. The van der Waals surface area contributed by atoms with E-state index in [1.54, 1.807) is 4.57 Å². The summed E-state index contributed by atoms with van der Waals surface area (Å²) in [4.78, 5) is 19.2. The zero-order valence-corrected chi connectivity index (χ0v) is 16.7. The monoisotopic (exact) mass is 405 g/mol. The Morgan fingerprint density at radius 2 is 1.90 bits per heavy atom. The van der Waals surface area contributed by atoms with E-state index in [9.17, 15) is 9.90 Å². The smallest absolute Gasteiger partial charge is 0.265 e. The Hall–Kier alpha value is -3.16. The summed E-state index contributed by atoms with van der Waals surface area (Å²) >= 11 is 5.39.